The van der Waals surface area contributed by atoms with E-state index in [1.165, 1.54) is 6.92 Å². The molecule has 7 heteroatoms. The quantitative estimate of drug-likeness (QED) is 0.518. The number of benzene rings is 1. The van der Waals surface area contributed by atoms with Crippen molar-refractivity contribution < 1.29 is 23.1 Å². The molecule has 0 bridgehead atoms. The Labute approximate surface area is 104 Å². The Kier molecular flexibility index (Phi) is 4.56. The lowest BCUT2D eigenvalue weighted by atomic mass is 10.3. The van der Waals surface area contributed by atoms with Gasteiger partial charge in [-0.3, -0.25) is 4.79 Å². The molecule has 0 heterocycles. The van der Waals surface area contributed by atoms with Crippen molar-refractivity contribution in [1.82, 2.24) is 0 Å². The Morgan fingerprint density at radius 3 is 2.59 bits per heavy atom. The summed E-state index contributed by atoms with van der Waals surface area (Å²) in [7, 11) is 0. The van der Waals surface area contributed by atoms with Crippen molar-refractivity contribution in [2.45, 2.75) is 6.92 Å². The summed E-state index contributed by atoms with van der Waals surface area (Å²) in [5.41, 5.74) is -0.309. The van der Waals surface area contributed by atoms with Gasteiger partial charge in [0.1, 0.15) is 11.6 Å². The Morgan fingerprint density at radius 2 is 2.00 bits per heavy atom. The van der Waals surface area contributed by atoms with Crippen LogP contribution >= 0.6 is 15.9 Å². The molecule has 0 saturated heterocycles. The number of hydrogen-bond donors (Lipinski definition) is 1. The number of esters is 1. The van der Waals surface area contributed by atoms with Crippen molar-refractivity contribution >= 4 is 33.5 Å². The number of nitrogens with one attached hydrogen (secondary N) is 1. The molecule has 0 aliphatic carbocycles. The van der Waals surface area contributed by atoms with Crippen LogP contribution in [0.4, 0.5) is 14.5 Å². The van der Waals surface area contributed by atoms with Gasteiger partial charge in [-0.25, -0.2) is 13.6 Å². The summed E-state index contributed by atoms with van der Waals surface area (Å²) in [6.45, 7) is 1.56. The molecule has 1 N–H and O–H groups in total. The first kappa shape index (κ1) is 13.6. The predicted molar refractivity (Wildman–Crippen MR) is 59.3 cm³/mol. The highest BCUT2D eigenvalue weighted by atomic mass is 79.9. The number of carbonyl (C=O) groups excluding carboxylic acids is 2. The predicted octanol–water partition coefficient (Wildman–Crippen LogP) is 2.23. The van der Waals surface area contributed by atoms with E-state index in [4.69, 9.17) is 0 Å². The number of ether oxygens (including phenoxy) is 1. The number of halogens is 3. The van der Waals surface area contributed by atoms with E-state index in [1.54, 1.807) is 0 Å². The second-order valence-corrected chi connectivity index (χ2v) is 3.78. The lowest BCUT2D eigenvalue weighted by Crippen LogP contribution is -2.25. The molecule has 1 aromatic rings. The summed E-state index contributed by atoms with van der Waals surface area (Å²) in [5.74, 6) is -4.04. The minimum Gasteiger partial charge on any atom is -0.459 e. The molecule has 0 atom stereocenters. The largest absolute Gasteiger partial charge is 0.459 e. The first-order valence-electron chi connectivity index (χ1n) is 4.58. The smallest absolute Gasteiger partial charge is 0.397 e. The average molecular weight is 308 g/mol. The van der Waals surface area contributed by atoms with Crippen molar-refractivity contribution in [3.05, 3.63) is 28.2 Å². The van der Waals surface area contributed by atoms with Crippen LogP contribution in [0, 0.1) is 11.6 Å². The van der Waals surface area contributed by atoms with Crippen molar-refractivity contribution in [2.75, 3.05) is 11.9 Å². The van der Waals surface area contributed by atoms with Crippen LogP contribution in [-0.4, -0.2) is 18.5 Å². The molecular formula is C10H8BrF2NO3. The zero-order chi connectivity index (χ0) is 13.0. The second kappa shape index (κ2) is 5.72. The Hall–Kier alpha value is -1.50. The molecule has 0 unspecified atom stereocenters. The lowest BCUT2D eigenvalue weighted by Gasteiger charge is -2.06. The van der Waals surface area contributed by atoms with Gasteiger partial charge in [0.05, 0.1) is 16.8 Å². The van der Waals surface area contributed by atoms with Gasteiger partial charge < -0.3 is 10.1 Å². The maximum atomic E-state index is 13.2. The molecule has 1 amide bonds. The maximum absolute atomic E-state index is 13.2. The molecule has 1 rings (SSSR count). The van der Waals surface area contributed by atoms with Crippen LogP contribution in [0.15, 0.2) is 16.6 Å². The van der Waals surface area contributed by atoms with Crippen LogP contribution in [-0.2, 0) is 14.3 Å². The fourth-order valence-electron chi connectivity index (χ4n) is 0.988. The minimum absolute atomic E-state index is 0.0296. The second-order valence-electron chi connectivity index (χ2n) is 2.92. The maximum Gasteiger partial charge on any atom is 0.397 e. The molecule has 17 heavy (non-hydrogen) atoms. The summed E-state index contributed by atoms with van der Waals surface area (Å²) in [6.07, 6.45) is 0. The van der Waals surface area contributed by atoms with Crippen LogP contribution in [0.3, 0.4) is 0 Å². The van der Waals surface area contributed by atoms with Crippen LogP contribution in [0.25, 0.3) is 0 Å². The minimum atomic E-state index is -1.13. The lowest BCUT2D eigenvalue weighted by molar-refractivity contribution is -0.152. The summed E-state index contributed by atoms with van der Waals surface area (Å²) >= 11 is 2.83. The van der Waals surface area contributed by atoms with E-state index in [9.17, 15) is 18.4 Å². The molecule has 92 valence electrons. The van der Waals surface area contributed by atoms with Crippen molar-refractivity contribution in [1.29, 1.82) is 0 Å². The molecule has 4 nitrogen and oxygen atoms in total. The van der Waals surface area contributed by atoms with E-state index in [-0.39, 0.29) is 16.8 Å². The van der Waals surface area contributed by atoms with E-state index in [0.29, 0.717) is 6.07 Å². The molecular weight excluding hydrogens is 300 g/mol. The summed E-state index contributed by atoms with van der Waals surface area (Å²) in [5, 5.41) is 1.98. The molecule has 0 fully saturated rings. The Balaban J connectivity index is 2.85. The normalized spacial score (nSPS) is 9.88. The van der Waals surface area contributed by atoms with Crippen molar-refractivity contribution in [3.63, 3.8) is 0 Å². The first-order chi connectivity index (χ1) is 7.95. The van der Waals surface area contributed by atoms with Gasteiger partial charge in [-0.05, 0) is 28.9 Å². The standard InChI is InChI=1S/C10H8BrF2NO3/c1-2-17-10(16)9(15)14-8-3-5(11)6(12)4-7(8)13/h3-4H,2H2,1H3,(H,14,15). The number of anilines is 1. The zero-order valence-electron chi connectivity index (χ0n) is 8.72. The Morgan fingerprint density at radius 1 is 1.35 bits per heavy atom. The summed E-state index contributed by atoms with van der Waals surface area (Å²) in [6, 6.07) is 1.60. The van der Waals surface area contributed by atoms with Crippen molar-refractivity contribution in [2.24, 2.45) is 0 Å². The first-order valence-corrected chi connectivity index (χ1v) is 5.37. The van der Waals surface area contributed by atoms with Gasteiger partial charge in [-0.15, -0.1) is 0 Å². The van der Waals surface area contributed by atoms with E-state index < -0.39 is 23.5 Å². The van der Waals surface area contributed by atoms with Crippen LogP contribution in [0.5, 0.6) is 0 Å². The molecule has 0 radical (unpaired) electrons. The SMILES string of the molecule is CCOC(=O)C(=O)Nc1cc(Br)c(F)cc1F. The summed E-state index contributed by atoms with van der Waals surface area (Å²) in [4.78, 5) is 22.2. The summed E-state index contributed by atoms with van der Waals surface area (Å²) < 4.78 is 30.5. The van der Waals surface area contributed by atoms with Gasteiger partial charge in [-0.2, -0.15) is 0 Å². The van der Waals surface area contributed by atoms with Gasteiger partial charge in [0, 0.05) is 6.07 Å². The van der Waals surface area contributed by atoms with E-state index in [0.717, 1.165) is 6.07 Å². The Bertz CT molecular complexity index is 465. The fourth-order valence-corrected chi connectivity index (χ4v) is 1.33. The van der Waals surface area contributed by atoms with Gasteiger partial charge >= 0.3 is 11.9 Å². The van der Waals surface area contributed by atoms with E-state index >= 15 is 0 Å². The van der Waals surface area contributed by atoms with Crippen molar-refractivity contribution in [3.8, 4) is 0 Å². The van der Waals surface area contributed by atoms with Gasteiger partial charge in [-0.1, -0.05) is 0 Å². The van der Waals surface area contributed by atoms with E-state index in [1.807, 2.05) is 5.32 Å². The molecule has 0 aromatic heterocycles. The zero-order valence-corrected chi connectivity index (χ0v) is 10.3. The van der Waals surface area contributed by atoms with Gasteiger partial charge in [0.2, 0.25) is 0 Å². The monoisotopic (exact) mass is 307 g/mol. The number of rotatable bonds is 2. The number of hydrogen-bond acceptors (Lipinski definition) is 3. The third-order valence-electron chi connectivity index (χ3n) is 1.72. The molecule has 0 saturated carbocycles. The van der Waals surface area contributed by atoms with Crippen LogP contribution in [0.1, 0.15) is 6.92 Å². The fraction of sp³-hybridized carbons (Fsp3) is 0.200. The molecule has 0 aliphatic heterocycles. The molecule has 1 aromatic carbocycles. The molecule has 0 aliphatic rings. The number of amides is 1. The highest BCUT2D eigenvalue weighted by Crippen LogP contribution is 2.23. The topological polar surface area (TPSA) is 55.4 Å². The molecule has 0 spiro atoms. The van der Waals surface area contributed by atoms with E-state index in [2.05, 4.69) is 20.7 Å². The highest BCUT2D eigenvalue weighted by molar-refractivity contribution is 9.10. The average Bonchev–Trinajstić information content (AvgIpc) is 2.26. The third kappa shape index (κ3) is 3.48. The third-order valence-corrected chi connectivity index (χ3v) is 2.33. The van der Waals surface area contributed by atoms with Gasteiger partial charge in [0.15, 0.2) is 0 Å². The highest BCUT2D eigenvalue weighted by Gasteiger charge is 2.17. The van der Waals surface area contributed by atoms with Crippen LogP contribution in [0.2, 0.25) is 0 Å². The van der Waals surface area contributed by atoms with Gasteiger partial charge in [0.25, 0.3) is 0 Å². The van der Waals surface area contributed by atoms with Crippen LogP contribution < -0.4 is 5.32 Å². The number of carbonyl (C=O) groups is 2.